The van der Waals surface area contributed by atoms with Gasteiger partial charge in [0.25, 0.3) is 5.91 Å². The number of anilines is 1. The van der Waals surface area contributed by atoms with E-state index < -0.39 is 0 Å². The Labute approximate surface area is 185 Å². The molecule has 2 heterocycles. The van der Waals surface area contributed by atoms with Gasteiger partial charge >= 0.3 is 0 Å². The van der Waals surface area contributed by atoms with E-state index in [1.807, 2.05) is 44.3 Å². The first kappa shape index (κ1) is 19.9. The molecule has 1 aliphatic carbocycles. The largest absolute Gasteiger partial charge is 0.382 e. The Bertz CT molecular complexity index is 1310. The third-order valence-electron chi connectivity index (χ3n) is 5.85. The van der Waals surface area contributed by atoms with Gasteiger partial charge in [0.1, 0.15) is 5.82 Å². The van der Waals surface area contributed by atoms with Gasteiger partial charge in [-0.05, 0) is 43.0 Å². The highest BCUT2D eigenvalue weighted by atomic mass is 16.1. The molecule has 8 nitrogen and oxygen atoms in total. The molecule has 0 bridgehead atoms. The summed E-state index contributed by atoms with van der Waals surface area (Å²) in [6.07, 6.45) is 3.49. The molecule has 4 aromatic rings. The summed E-state index contributed by atoms with van der Waals surface area (Å²) in [4.78, 5) is 26.3. The van der Waals surface area contributed by atoms with Crippen LogP contribution in [0.4, 0.5) is 5.82 Å². The third kappa shape index (κ3) is 3.60. The van der Waals surface area contributed by atoms with Gasteiger partial charge < -0.3 is 11.1 Å². The second-order valence-electron chi connectivity index (χ2n) is 7.94. The van der Waals surface area contributed by atoms with Gasteiger partial charge in [0.05, 0.1) is 17.9 Å². The van der Waals surface area contributed by atoms with Gasteiger partial charge in [-0.25, -0.2) is 15.0 Å². The average Bonchev–Trinajstić information content (AvgIpc) is 3.37. The van der Waals surface area contributed by atoms with Gasteiger partial charge in [-0.3, -0.25) is 9.48 Å². The molecule has 5 rings (SSSR count). The molecule has 0 aliphatic heterocycles. The molecule has 1 amide bonds. The molecule has 0 saturated heterocycles. The van der Waals surface area contributed by atoms with Crippen molar-refractivity contribution in [1.82, 2.24) is 30.0 Å². The van der Waals surface area contributed by atoms with Crippen LogP contribution in [-0.4, -0.2) is 30.6 Å². The molecule has 0 unspecified atom stereocenters. The first-order valence-electron chi connectivity index (χ1n) is 10.5. The molecule has 160 valence electrons. The van der Waals surface area contributed by atoms with Crippen LogP contribution in [0.2, 0.25) is 0 Å². The Hall–Kier alpha value is -4.07. The lowest BCUT2D eigenvalue weighted by Crippen LogP contribution is -2.27. The molecule has 0 saturated carbocycles. The van der Waals surface area contributed by atoms with Gasteiger partial charge in [0.2, 0.25) is 5.82 Å². The van der Waals surface area contributed by atoms with Crippen molar-refractivity contribution < 1.29 is 4.79 Å². The average molecular weight is 425 g/mol. The van der Waals surface area contributed by atoms with Crippen LogP contribution in [0.3, 0.4) is 0 Å². The van der Waals surface area contributed by atoms with E-state index in [0.717, 1.165) is 24.2 Å². The van der Waals surface area contributed by atoms with Gasteiger partial charge in [-0.15, -0.1) is 5.10 Å². The Morgan fingerprint density at radius 2 is 2.00 bits per heavy atom. The summed E-state index contributed by atoms with van der Waals surface area (Å²) in [5.41, 5.74) is 10.9. The smallest absolute Gasteiger partial charge is 0.251 e. The third-order valence-corrected chi connectivity index (χ3v) is 5.85. The lowest BCUT2D eigenvalue weighted by Gasteiger charge is -2.14. The highest BCUT2D eigenvalue weighted by molar-refractivity contribution is 5.95. The first-order chi connectivity index (χ1) is 15.5. The molecule has 1 atom stereocenters. The molecule has 0 radical (unpaired) electrons. The number of fused-ring (bicyclic) bond motifs is 1. The van der Waals surface area contributed by atoms with Crippen LogP contribution in [0.15, 0.2) is 54.7 Å². The predicted molar refractivity (Wildman–Crippen MR) is 122 cm³/mol. The summed E-state index contributed by atoms with van der Waals surface area (Å²) in [5, 5.41) is 7.52. The Morgan fingerprint density at radius 3 is 2.81 bits per heavy atom. The summed E-state index contributed by atoms with van der Waals surface area (Å²) in [6.45, 7) is 1.86. The monoisotopic (exact) mass is 425 g/mol. The lowest BCUT2D eigenvalue weighted by atomic mass is 10.1. The molecule has 2 aromatic carbocycles. The van der Waals surface area contributed by atoms with E-state index in [1.165, 1.54) is 11.1 Å². The number of rotatable bonds is 4. The normalized spacial score (nSPS) is 14.9. The van der Waals surface area contributed by atoms with E-state index in [1.54, 1.807) is 16.9 Å². The highest BCUT2D eigenvalue weighted by Crippen LogP contribution is 2.31. The Kier molecular flexibility index (Phi) is 4.89. The van der Waals surface area contributed by atoms with Crippen LogP contribution in [0.25, 0.3) is 22.8 Å². The number of amides is 1. The first-order valence-corrected chi connectivity index (χ1v) is 10.5. The number of nitrogens with one attached hydrogen (secondary N) is 1. The van der Waals surface area contributed by atoms with Crippen LogP contribution in [-0.2, 0) is 13.5 Å². The van der Waals surface area contributed by atoms with Gasteiger partial charge in [-0.2, -0.15) is 0 Å². The molecule has 1 aliphatic rings. The van der Waals surface area contributed by atoms with Crippen molar-refractivity contribution in [3.63, 3.8) is 0 Å². The molecule has 3 N–H and O–H groups in total. The topological polar surface area (TPSA) is 112 Å². The zero-order valence-corrected chi connectivity index (χ0v) is 17.9. The van der Waals surface area contributed by atoms with E-state index in [2.05, 4.69) is 37.5 Å². The molecule has 2 aromatic heterocycles. The highest BCUT2D eigenvalue weighted by Gasteiger charge is 2.24. The number of hydrogen-bond acceptors (Lipinski definition) is 6. The standard InChI is InChI=1S/C24H23N7O/c1-14-27-23(30-31(14)2)21-22(25)26-13-20(28-21)16-7-5-8-17(12-16)24(32)29-19-11-10-15-6-3-4-9-18(15)19/h3-9,12-13,19H,10-11H2,1-2H3,(H2,25,26)(H,29,32)/t19-/m0/s1. The fourth-order valence-corrected chi connectivity index (χ4v) is 4.03. The maximum atomic E-state index is 13.0. The fourth-order valence-electron chi connectivity index (χ4n) is 4.03. The van der Waals surface area contributed by atoms with Gasteiger partial charge in [0, 0.05) is 18.2 Å². The van der Waals surface area contributed by atoms with Crippen LogP contribution in [0.1, 0.15) is 39.8 Å². The Morgan fingerprint density at radius 1 is 1.16 bits per heavy atom. The molecular weight excluding hydrogens is 402 g/mol. The van der Waals surface area contributed by atoms with Crippen molar-refractivity contribution in [3.05, 3.63) is 77.2 Å². The molecule has 8 heteroatoms. The lowest BCUT2D eigenvalue weighted by molar-refractivity contribution is 0.0936. The number of hydrogen-bond donors (Lipinski definition) is 2. The second kappa shape index (κ2) is 7.88. The van der Waals surface area contributed by atoms with Crippen LogP contribution < -0.4 is 11.1 Å². The maximum Gasteiger partial charge on any atom is 0.251 e. The number of aromatic nitrogens is 5. The maximum absolute atomic E-state index is 13.0. The summed E-state index contributed by atoms with van der Waals surface area (Å²) in [5.74, 6) is 1.32. The number of nitrogens with two attached hydrogens (primary N) is 1. The van der Waals surface area contributed by atoms with Crippen LogP contribution >= 0.6 is 0 Å². The number of nitrogen functional groups attached to an aromatic ring is 1. The summed E-state index contributed by atoms with van der Waals surface area (Å²) in [6, 6.07) is 15.6. The quantitative estimate of drug-likeness (QED) is 0.519. The minimum Gasteiger partial charge on any atom is -0.382 e. The SMILES string of the molecule is Cc1nc(-c2nc(-c3cccc(C(=O)N[C@H]4CCc5ccccc54)c3)cnc2N)nn1C. The number of nitrogens with zero attached hydrogens (tertiary/aromatic N) is 5. The van der Waals surface area contributed by atoms with Gasteiger partial charge in [0.15, 0.2) is 11.5 Å². The van der Waals surface area contributed by atoms with E-state index in [0.29, 0.717) is 22.8 Å². The van der Waals surface area contributed by atoms with Gasteiger partial charge in [-0.1, -0.05) is 36.4 Å². The summed E-state index contributed by atoms with van der Waals surface area (Å²) < 4.78 is 1.66. The molecule has 32 heavy (non-hydrogen) atoms. The zero-order chi connectivity index (χ0) is 22.2. The van der Waals surface area contributed by atoms with E-state index in [9.17, 15) is 4.79 Å². The van der Waals surface area contributed by atoms with Crippen molar-refractivity contribution in [1.29, 1.82) is 0 Å². The molecule has 0 spiro atoms. The molecular formula is C24H23N7O. The summed E-state index contributed by atoms with van der Waals surface area (Å²) >= 11 is 0. The van der Waals surface area contributed by atoms with Crippen molar-refractivity contribution >= 4 is 11.7 Å². The van der Waals surface area contributed by atoms with E-state index >= 15 is 0 Å². The minimum atomic E-state index is -0.112. The van der Waals surface area contributed by atoms with Crippen molar-refractivity contribution in [2.75, 3.05) is 5.73 Å². The van der Waals surface area contributed by atoms with E-state index in [4.69, 9.17) is 5.73 Å². The number of carbonyl (C=O) groups is 1. The number of benzene rings is 2. The predicted octanol–water partition coefficient (Wildman–Crippen LogP) is 3.25. The number of carbonyl (C=O) groups excluding carboxylic acids is 1. The molecule has 0 fully saturated rings. The Balaban J connectivity index is 1.42. The second-order valence-corrected chi connectivity index (χ2v) is 7.94. The van der Waals surface area contributed by atoms with Crippen molar-refractivity contribution in [2.24, 2.45) is 7.05 Å². The number of aryl methyl sites for hydroxylation is 3. The zero-order valence-electron chi connectivity index (χ0n) is 17.9. The van der Waals surface area contributed by atoms with Crippen LogP contribution in [0.5, 0.6) is 0 Å². The minimum absolute atomic E-state index is 0.0312. The van der Waals surface area contributed by atoms with Crippen molar-refractivity contribution in [3.8, 4) is 22.8 Å². The summed E-state index contributed by atoms with van der Waals surface area (Å²) in [7, 11) is 1.81. The van der Waals surface area contributed by atoms with E-state index in [-0.39, 0.29) is 17.8 Å². The fraction of sp³-hybridized carbons (Fsp3) is 0.208. The van der Waals surface area contributed by atoms with Crippen LogP contribution in [0, 0.1) is 6.92 Å². The van der Waals surface area contributed by atoms with Crippen molar-refractivity contribution in [2.45, 2.75) is 25.8 Å².